The maximum atomic E-state index is 13.1. The van der Waals surface area contributed by atoms with Gasteiger partial charge >= 0.3 is 29.2 Å². The van der Waals surface area contributed by atoms with Gasteiger partial charge in [0.1, 0.15) is 0 Å². The average molecular weight is 406 g/mol. The van der Waals surface area contributed by atoms with E-state index in [1.54, 1.807) is 24.3 Å². The number of benzene rings is 2. The maximum absolute atomic E-state index is 13.1. The summed E-state index contributed by atoms with van der Waals surface area (Å²) in [5, 5.41) is 8.70. The Morgan fingerprint density at radius 3 is 2.04 bits per heavy atom. The summed E-state index contributed by atoms with van der Waals surface area (Å²) in [6.45, 7) is 1.87. The fraction of sp³-hybridized carbons (Fsp3) is 0.118. The molecule has 0 aliphatic carbocycles. The zero-order chi connectivity index (χ0) is 19.1. The second-order valence-corrected chi connectivity index (χ2v) is 7.29. The van der Waals surface area contributed by atoms with E-state index in [4.69, 9.17) is 5.14 Å². The minimum atomic E-state index is -4.61. The molecule has 2 N–H and O–H groups in total. The molecule has 0 spiro atoms. The van der Waals surface area contributed by atoms with E-state index in [9.17, 15) is 21.6 Å². The first-order chi connectivity index (χ1) is 12.1. The quantitative estimate of drug-likeness (QED) is 0.680. The first-order valence-electron chi connectivity index (χ1n) is 7.43. The molecule has 0 saturated carbocycles. The van der Waals surface area contributed by atoms with E-state index in [1.807, 2.05) is 6.92 Å². The zero-order valence-electron chi connectivity index (χ0n) is 14.2. The molecule has 0 unspecified atom stereocenters. The van der Waals surface area contributed by atoms with Gasteiger partial charge in [-0.05, 0) is 37.3 Å². The molecule has 1 aromatic heterocycles. The molecule has 2 aromatic carbocycles. The van der Waals surface area contributed by atoms with E-state index in [-0.39, 0.29) is 39.3 Å². The monoisotopic (exact) mass is 405 g/mol. The van der Waals surface area contributed by atoms with Gasteiger partial charge in [0.25, 0.3) is 0 Å². The zero-order valence-corrected chi connectivity index (χ0v) is 16.5. The molecular formula is C17H14F3MgN3O2S+2. The van der Waals surface area contributed by atoms with Crippen LogP contribution in [0.5, 0.6) is 0 Å². The third-order valence-corrected chi connectivity index (χ3v) is 4.69. The average Bonchev–Trinajstić information content (AvgIpc) is 3.00. The summed E-state index contributed by atoms with van der Waals surface area (Å²) < 4.78 is 63.2. The second-order valence-electron chi connectivity index (χ2n) is 5.73. The van der Waals surface area contributed by atoms with E-state index < -0.39 is 21.9 Å². The van der Waals surface area contributed by atoms with Crippen LogP contribution in [0.1, 0.15) is 11.3 Å². The third kappa shape index (κ3) is 4.70. The molecule has 0 atom stereocenters. The number of hydrogen-bond acceptors (Lipinski definition) is 3. The molecule has 0 aliphatic rings. The van der Waals surface area contributed by atoms with Crippen LogP contribution in [0.15, 0.2) is 59.5 Å². The Balaban J connectivity index is 0.00000261. The molecule has 1 heterocycles. The second kappa shape index (κ2) is 7.62. The largest absolute Gasteiger partial charge is 2.00 e. The van der Waals surface area contributed by atoms with E-state index in [2.05, 4.69) is 5.10 Å². The molecular weight excluding hydrogens is 392 g/mol. The summed E-state index contributed by atoms with van der Waals surface area (Å²) in [4.78, 5) is -0.138. The summed E-state index contributed by atoms with van der Waals surface area (Å²) in [5.41, 5.74) is 0.996. The number of nitrogens with zero attached hydrogens (tertiary/aromatic N) is 2. The third-order valence-electron chi connectivity index (χ3n) is 3.76. The standard InChI is InChI=1S/C17H14F3N3O2S.Mg/c1-11-2-4-12(5-3-11)15-10-16(17(18,19)20)22-23(15)13-6-8-14(9-7-13)26(21,24)25;/h2-10H,1H3,(H2,21,24,25);/q;+2. The molecule has 10 heteroatoms. The van der Waals surface area contributed by atoms with Crippen molar-refractivity contribution in [3.63, 3.8) is 0 Å². The van der Waals surface area contributed by atoms with Crippen LogP contribution in [0.25, 0.3) is 16.9 Å². The van der Waals surface area contributed by atoms with Gasteiger partial charge in [0.2, 0.25) is 10.0 Å². The first-order valence-corrected chi connectivity index (χ1v) is 8.98. The van der Waals surface area contributed by atoms with Crippen molar-refractivity contribution in [3.8, 4) is 16.9 Å². The van der Waals surface area contributed by atoms with Gasteiger partial charge in [-0.1, -0.05) is 29.8 Å². The van der Waals surface area contributed by atoms with E-state index in [1.165, 1.54) is 24.3 Å². The van der Waals surface area contributed by atoms with Crippen molar-refractivity contribution in [3.05, 3.63) is 65.9 Å². The van der Waals surface area contributed by atoms with Gasteiger partial charge in [0, 0.05) is 5.56 Å². The SMILES string of the molecule is Cc1ccc(-c2cc(C(F)(F)F)nn2-c2ccc(S(N)(=O)=O)cc2)cc1.[Mg+2]. The Hall–Kier alpha value is -1.88. The van der Waals surface area contributed by atoms with Crippen LogP contribution in [0.3, 0.4) is 0 Å². The molecule has 5 nitrogen and oxygen atoms in total. The van der Waals surface area contributed by atoms with Gasteiger partial charge in [-0.25, -0.2) is 18.2 Å². The fourth-order valence-electron chi connectivity index (χ4n) is 2.42. The van der Waals surface area contributed by atoms with Crippen LogP contribution >= 0.6 is 0 Å². The summed E-state index contributed by atoms with van der Waals surface area (Å²) in [5.74, 6) is 0. The molecule has 0 aliphatic heterocycles. The minimum absolute atomic E-state index is 0. The Morgan fingerprint density at radius 1 is 1.00 bits per heavy atom. The number of primary sulfonamides is 1. The maximum Gasteiger partial charge on any atom is 2.00 e. The van der Waals surface area contributed by atoms with Gasteiger partial charge < -0.3 is 0 Å². The summed E-state index contributed by atoms with van der Waals surface area (Å²) >= 11 is 0. The molecule has 0 saturated heterocycles. The number of sulfonamides is 1. The predicted octanol–water partition coefficient (Wildman–Crippen LogP) is 3.13. The molecule has 3 aromatic rings. The van der Waals surface area contributed by atoms with Crippen LogP contribution in [0.4, 0.5) is 13.2 Å². The first kappa shape index (κ1) is 21.4. The van der Waals surface area contributed by atoms with Gasteiger partial charge in [0.05, 0.1) is 16.3 Å². The number of rotatable bonds is 3. The van der Waals surface area contributed by atoms with Crippen LogP contribution in [-0.2, 0) is 16.2 Å². The Kier molecular flexibility index (Phi) is 6.05. The number of aryl methyl sites for hydroxylation is 1. The van der Waals surface area contributed by atoms with Crippen molar-refractivity contribution in [2.24, 2.45) is 5.14 Å². The topological polar surface area (TPSA) is 78.0 Å². The number of alkyl halides is 3. The minimum Gasteiger partial charge on any atom is -0.233 e. The molecule has 3 rings (SSSR count). The summed E-state index contributed by atoms with van der Waals surface area (Å²) in [6, 6.07) is 13.1. The van der Waals surface area contributed by atoms with Crippen molar-refractivity contribution >= 4 is 33.1 Å². The Bertz CT molecular complexity index is 1040. The van der Waals surface area contributed by atoms with Gasteiger partial charge in [-0.3, -0.25) is 0 Å². The van der Waals surface area contributed by atoms with Crippen molar-refractivity contribution < 1.29 is 21.6 Å². The van der Waals surface area contributed by atoms with Crippen molar-refractivity contribution in [2.75, 3.05) is 0 Å². The smallest absolute Gasteiger partial charge is 0.233 e. The number of hydrogen-bond donors (Lipinski definition) is 1. The van der Waals surface area contributed by atoms with Crippen LogP contribution in [0.2, 0.25) is 0 Å². The molecule has 0 amide bonds. The Labute approximate surface area is 170 Å². The molecule has 136 valence electrons. The summed E-state index contributed by atoms with van der Waals surface area (Å²) in [6.07, 6.45) is -4.61. The van der Waals surface area contributed by atoms with Crippen molar-refractivity contribution in [2.45, 2.75) is 18.0 Å². The van der Waals surface area contributed by atoms with Crippen LogP contribution in [0, 0.1) is 6.92 Å². The molecule has 0 bridgehead atoms. The van der Waals surface area contributed by atoms with Crippen LogP contribution < -0.4 is 5.14 Å². The fourth-order valence-corrected chi connectivity index (χ4v) is 2.94. The van der Waals surface area contributed by atoms with Crippen LogP contribution in [-0.4, -0.2) is 41.3 Å². The molecule has 0 fully saturated rings. The number of halogens is 3. The molecule has 27 heavy (non-hydrogen) atoms. The predicted molar refractivity (Wildman–Crippen MR) is 95.9 cm³/mol. The van der Waals surface area contributed by atoms with Crippen molar-refractivity contribution in [1.82, 2.24) is 9.78 Å². The van der Waals surface area contributed by atoms with Gasteiger partial charge in [-0.2, -0.15) is 18.3 Å². The number of aromatic nitrogens is 2. The van der Waals surface area contributed by atoms with E-state index in [0.29, 0.717) is 5.56 Å². The van der Waals surface area contributed by atoms with Gasteiger partial charge in [0.15, 0.2) is 5.69 Å². The van der Waals surface area contributed by atoms with E-state index in [0.717, 1.165) is 16.3 Å². The molecule has 0 radical (unpaired) electrons. The van der Waals surface area contributed by atoms with E-state index >= 15 is 0 Å². The number of nitrogens with two attached hydrogens (primary N) is 1. The Morgan fingerprint density at radius 2 is 1.56 bits per heavy atom. The van der Waals surface area contributed by atoms with Crippen molar-refractivity contribution in [1.29, 1.82) is 0 Å². The van der Waals surface area contributed by atoms with Gasteiger partial charge in [-0.15, -0.1) is 0 Å². The summed E-state index contributed by atoms with van der Waals surface area (Å²) in [7, 11) is -3.90. The normalized spacial score (nSPS) is 11.9.